The van der Waals surface area contributed by atoms with Crippen LogP contribution in [0.15, 0.2) is 48.7 Å². The summed E-state index contributed by atoms with van der Waals surface area (Å²) in [6.45, 7) is 9.22. The molecule has 1 aliphatic heterocycles. The zero-order chi connectivity index (χ0) is 22.4. The van der Waals surface area contributed by atoms with E-state index in [1.54, 1.807) is 36.3 Å². The van der Waals surface area contributed by atoms with Gasteiger partial charge in [-0.1, -0.05) is 44.2 Å². The molecule has 0 radical (unpaired) electrons. The van der Waals surface area contributed by atoms with Crippen molar-refractivity contribution in [3.63, 3.8) is 0 Å². The fourth-order valence-corrected chi connectivity index (χ4v) is 2.71. The number of pyridine rings is 1. The lowest BCUT2D eigenvalue weighted by atomic mass is 10.1. The molecule has 0 spiro atoms. The van der Waals surface area contributed by atoms with Crippen LogP contribution in [0.25, 0.3) is 0 Å². The van der Waals surface area contributed by atoms with E-state index in [9.17, 15) is 9.59 Å². The van der Waals surface area contributed by atoms with Gasteiger partial charge in [0.05, 0.1) is 12.1 Å². The van der Waals surface area contributed by atoms with Crippen molar-refractivity contribution in [2.24, 2.45) is 0 Å². The van der Waals surface area contributed by atoms with E-state index in [0.29, 0.717) is 29.7 Å². The van der Waals surface area contributed by atoms with Gasteiger partial charge in [0.25, 0.3) is 0 Å². The predicted octanol–water partition coefficient (Wildman–Crippen LogP) is 4.38. The number of rotatable bonds is 7. The van der Waals surface area contributed by atoms with Crippen LogP contribution in [0, 0.1) is 0 Å². The molecule has 1 unspecified atom stereocenters. The number of ether oxygens (including phenoxy) is 2. The number of hydrogen-bond acceptors (Lipinski definition) is 5. The maximum Gasteiger partial charge on any atom is 0.213 e. The van der Waals surface area contributed by atoms with Crippen LogP contribution in [0.5, 0.6) is 5.88 Å². The minimum atomic E-state index is -0.0624. The molecule has 6 nitrogen and oxygen atoms in total. The van der Waals surface area contributed by atoms with E-state index in [4.69, 9.17) is 9.47 Å². The van der Waals surface area contributed by atoms with Crippen LogP contribution in [-0.4, -0.2) is 54.5 Å². The Morgan fingerprint density at radius 2 is 1.83 bits per heavy atom. The van der Waals surface area contributed by atoms with E-state index >= 15 is 0 Å². The van der Waals surface area contributed by atoms with E-state index in [0.717, 1.165) is 25.8 Å². The van der Waals surface area contributed by atoms with Crippen LogP contribution < -0.4 is 4.74 Å². The molecule has 1 saturated heterocycles. The summed E-state index contributed by atoms with van der Waals surface area (Å²) >= 11 is 0. The Bertz CT molecular complexity index is 733. The first-order valence-electron chi connectivity index (χ1n) is 10.5. The third kappa shape index (κ3) is 8.33. The van der Waals surface area contributed by atoms with Gasteiger partial charge in [0.2, 0.25) is 12.3 Å². The quantitative estimate of drug-likeness (QED) is 0.497. The number of benzene rings is 1. The smallest absolute Gasteiger partial charge is 0.213 e. The Kier molecular flexibility index (Phi) is 12.0. The lowest BCUT2D eigenvalue weighted by molar-refractivity contribution is -0.119. The van der Waals surface area contributed by atoms with Crippen LogP contribution in [0.3, 0.4) is 0 Å². The number of likely N-dealkylation sites (tertiary alicyclic amines) is 1. The summed E-state index contributed by atoms with van der Waals surface area (Å²) in [5.74, 6) is 0.403. The van der Waals surface area contributed by atoms with Gasteiger partial charge in [0.1, 0.15) is 6.61 Å². The van der Waals surface area contributed by atoms with E-state index in [-0.39, 0.29) is 11.8 Å². The predicted molar refractivity (Wildman–Crippen MR) is 119 cm³/mol. The monoisotopic (exact) mass is 414 g/mol. The van der Waals surface area contributed by atoms with Crippen molar-refractivity contribution in [1.82, 2.24) is 9.88 Å². The fourth-order valence-electron chi connectivity index (χ4n) is 2.71. The lowest BCUT2D eigenvalue weighted by Crippen LogP contribution is -2.33. The third-order valence-corrected chi connectivity index (χ3v) is 4.49. The number of ketones is 1. The molecule has 1 aromatic heterocycles. The maximum absolute atomic E-state index is 12.3. The topological polar surface area (TPSA) is 68.7 Å². The average molecular weight is 415 g/mol. The number of carbonyl (C=O) groups excluding carboxylic acids is 2. The van der Waals surface area contributed by atoms with Gasteiger partial charge in [-0.2, -0.15) is 0 Å². The van der Waals surface area contributed by atoms with Crippen LogP contribution in [0.1, 0.15) is 56.5 Å². The van der Waals surface area contributed by atoms with Crippen molar-refractivity contribution >= 4 is 12.2 Å². The maximum atomic E-state index is 12.3. The van der Waals surface area contributed by atoms with Crippen LogP contribution in [-0.2, 0) is 9.53 Å². The fraction of sp³-hybridized carbons (Fsp3) is 0.458. The first-order valence-corrected chi connectivity index (χ1v) is 10.5. The van der Waals surface area contributed by atoms with E-state index < -0.39 is 0 Å². The average Bonchev–Trinajstić information content (AvgIpc) is 3.27. The van der Waals surface area contributed by atoms with Gasteiger partial charge in [-0.15, -0.1) is 0 Å². The highest BCUT2D eigenvalue weighted by atomic mass is 16.5. The van der Waals surface area contributed by atoms with E-state index in [1.165, 1.54) is 6.20 Å². The Labute approximate surface area is 180 Å². The second-order valence-corrected chi connectivity index (χ2v) is 6.82. The molecule has 1 aliphatic rings. The minimum absolute atomic E-state index is 0.0624. The van der Waals surface area contributed by atoms with Crippen molar-refractivity contribution in [2.75, 3.05) is 20.3 Å². The highest BCUT2D eigenvalue weighted by molar-refractivity contribution is 6.08. The Hall–Kier alpha value is -2.73. The van der Waals surface area contributed by atoms with Crippen LogP contribution in [0.4, 0.5) is 0 Å². The van der Waals surface area contributed by atoms with E-state index in [1.807, 2.05) is 45.9 Å². The molecular formula is C24H34N2O4. The molecule has 1 atom stereocenters. The van der Waals surface area contributed by atoms with Crippen molar-refractivity contribution in [1.29, 1.82) is 0 Å². The van der Waals surface area contributed by atoms with Crippen molar-refractivity contribution in [2.45, 2.75) is 52.7 Å². The van der Waals surface area contributed by atoms with Gasteiger partial charge in [-0.05, 0) is 32.8 Å². The molecule has 30 heavy (non-hydrogen) atoms. The molecule has 1 amide bonds. The lowest BCUT2D eigenvalue weighted by Gasteiger charge is -2.19. The van der Waals surface area contributed by atoms with Gasteiger partial charge in [0, 0.05) is 37.0 Å². The summed E-state index contributed by atoms with van der Waals surface area (Å²) in [5.41, 5.74) is 1.16. The highest BCUT2D eigenvalue weighted by Crippen LogP contribution is 2.17. The zero-order valence-electron chi connectivity index (χ0n) is 18.7. The first kappa shape index (κ1) is 25.3. The second-order valence-electron chi connectivity index (χ2n) is 6.82. The standard InChI is InChI=1S/C18H18N2O3.C4H10O.C2H6/c21-13-20-10-4-7-16(20)12-23-17-9-8-15(11-19-17)18(22)14-5-2-1-3-6-14;1-4(2)5-3;1-2/h1-3,5-6,8-9,11,13,16H,4,7,10,12H2;4H,1-3H3;1-2H3. The summed E-state index contributed by atoms with van der Waals surface area (Å²) in [4.78, 5) is 29.1. The number of amides is 1. The minimum Gasteiger partial charge on any atom is -0.475 e. The van der Waals surface area contributed by atoms with Gasteiger partial charge >= 0.3 is 0 Å². The molecule has 1 fully saturated rings. The molecule has 3 rings (SSSR count). The largest absolute Gasteiger partial charge is 0.475 e. The summed E-state index contributed by atoms with van der Waals surface area (Å²) in [6, 6.07) is 12.6. The Morgan fingerprint density at radius 1 is 1.17 bits per heavy atom. The normalized spacial score (nSPS) is 14.9. The summed E-state index contributed by atoms with van der Waals surface area (Å²) in [5, 5.41) is 0. The Morgan fingerprint density at radius 3 is 2.37 bits per heavy atom. The van der Waals surface area contributed by atoms with Gasteiger partial charge in [-0.25, -0.2) is 4.98 Å². The van der Waals surface area contributed by atoms with Gasteiger partial charge in [-0.3, -0.25) is 9.59 Å². The SMILES string of the molecule is CC.COC(C)C.O=CN1CCCC1COc1ccc(C(=O)c2ccccc2)cn1. The molecule has 0 N–H and O–H groups in total. The van der Waals surface area contributed by atoms with Crippen LogP contribution >= 0.6 is 0 Å². The molecule has 164 valence electrons. The number of carbonyl (C=O) groups is 2. The van der Waals surface area contributed by atoms with E-state index in [2.05, 4.69) is 4.98 Å². The number of nitrogens with zero attached hydrogens (tertiary/aromatic N) is 2. The summed E-state index contributed by atoms with van der Waals surface area (Å²) in [6.07, 6.45) is 4.73. The number of hydrogen-bond donors (Lipinski definition) is 0. The molecule has 6 heteroatoms. The number of methoxy groups -OCH3 is 1. The third-order valence-electron chi connectivity index (χ3n) is 4.49. The molecular weight excluding hydrogens is 380 g/mol. The summed E-state index contributed by atoms with van der Waals surface area (Å²) in [7, 11) is 1.70. The highest BCUT2D eigenvalue weighted by Gasteiger charge is 2.23. The molecule has 2 heterocycles. The Balaban J connectivity index is 0.000000565. The first-order chi connectivity index (χ1) is 14.5. The van der Waals surface area contributed by atoms with Crippen LogP contribution in [0.2, 0.25) is 0 Å². The molecule has 0 aliphatic carbocycles. The second kappa shape index (κ2) is 14.3. The summed E-state index contributed by atoms with van der Waals surface area (Å²) < 4.78 is 10.4. The molecule has 1 aromatic carbocycles. The molecule has 2 aromatic rings. The zero-order valence-corrected chi connectivity index (χ0v) is 18.7. The van der Waals surface area contributed by atoms with Crippen molar-refractivity contribution in [3.8, 4) is 5.88 Å². The number of aromatic nitrogens is 1. The molecule has 0 saturated carbocycles. The van der Waals surface area contributed by atoms with Crippen molar-refractivity contribution < 1.29 is 19.1 Å². The van der Waals surface area contributed by atoms with Gasteiger partial charge in [0.15, 0.2) is 5.78 Å². The van der Waals surface area contributed by atoms with Crippen molar-refractivity contribution in [3.05, 3.63) is 59.8 Å². The molecule has 0 bridgehead atoms. The van der Waals surface area contributed by atoms with Gasteiger partial charge < -0.3 is 14.4 Å².